The maximum absolute atomic E-state index is 10.8. The van der Waals surface area contributed by atoms with E-state index in [0.717, 1.165) is 11.3 Å². The zero-order valence-electron chi connectivity index (χ0n) is 8.21. The number of rotatable bonds is 2. The normalized spacial score (nSPS) is 10.2. The number of pyridine rings is 1. The van der Waals surface area contributed by atoms with Crippen molar-refractivity contribution in [2.75, 3.05) is 0 Å². The van der Waals surface area contributed by atoms with Gasteiger partial charge in [-0.25, -0.2) is 4.79 Å². The molecule has 2 rings (SSSR count). The van der Waals surface area contributed by atoms with Gasteiger partial charge in [-0.3, -0.25) is 4.98 Å². The highest BCUT2D eigenvalue weighted by molar-refractivity contribution is 5.87. The number of carboxylic acid groups (broad SMARTS) is 1. The number of hydrogen-bond acceptors (Lipinski definition) is 2. The van der Waals surface area contributed by atoms with Gasteiger partial charge in [-0.1, -0.05) is 0 Å². The quantitative estimate of drug-likeness (QED) is 0.807. The number of aromatic nitrogens is 2. The van der Waals surface area contributed by atoms with Crippen molar-refractivity contribution < 1.29 is 9.90 Å². The fourth-order valence-electron chi connectivity index (χ4n) is 1.53. The maximum Gasteiger partial charge on any atom is 0.352 e. The highest BCUT2D eigenvalue weighted by Gasteiger charge is 2.11. The van der Waals surface area contributed by atoms with E-state index in [0.29, 0.717) is 0 Å². The average Bonchev–Trinajstić information content (AvgIpc) is 2.61. The van der Waals surface area contributed by atoms with Crippen LogP contribution in [0.1, 0.15) is 10.5 Å². The Bertz CT molecular complexity index is 489. The molecule has 0 aliphatic rings. The van der Waals surface area contributed by atoms with Gasteiger partial charge in [-0.2, -0.15) is 0 Å². The Morgan fingerprint density at radius 1 is 1.40 bits per heavy atom. The highest BCUT2D eigenvalue weighted by atomic mass is 16.4. The molecule has 2 heterocycles. The summed E-state index contributed by atoms with van der Waals surface area (Å²) in [5.74, 6) is -0.923. The second-order valence-electron chi connectivity index (χ2n) is 3.21. The lowest BCUT2D eigenvalue weighted by molar-refractivity contribution is 0.0687. The minimum absolute atomic E-state index is 0.272. The van der Waals surface area contributed by atoms with Crippen LogP contribution >= 0.6 is 0 Å². The summed E-state index contributed by atoms with van der Waals surface area (Å²) in [7, 11) is 1.73. The molecule has 15 heavy (non-hydrogen) atoms. The molecule has 1 N–H and O–H groups in total. The Kier molecular flexibility index (Phi) is 2.25. The molecule has 0 unspecified atom stereocenters. The van der Waals surface area contributed by atoms with E-state index >= 15 is 0 Å². The molecule has 0 saturated carbocycles. The molecule has 0 radical (unpaired) electrons. The molecule has 0 aliphatic heterocycles. The molecule has 76 valence electrons. The molecular weight excluding hydrogens is 192 g/mol. The number of nitrogens with zero attached hydrogens (tertiary/aromatic N) is 2. The van der Waals surface area contributed by atoms with Gasteiger partial charge in [0.2, 0.25) is 0 Å². The summed E-state index contributed by atoms with van der Waals surface area (Å²) in [6, 6.07) is 7.09. The number of aromatic carboxylic acids is 1. The Hall–Kier alpha value is -2.10. The average molecular weight is 202 g/mol. The minimum Gasteiger partial charge on any atom is -0.477 e. The second kappa shape index (κ2) is 3.57. The Labute approximate surface area is 86.8 Å². The summed E-state index contributed by atoms with van der Waals surface area (Å²) in [4.78, 5) is 14.8. The standard InChI is InChI=1S/C11H10N2O2/c1-13-9(4-5-10(13)11(14)15)8-3-2-6-12-7-8/h2-7H,1H3,(H,14,15). The fraction of sp³-hybridized carbons (Fsp3) is 0.0909. The van der Waals surface area contributed by atoms with Gasteiger partial charge in [0.05, 0.1) is 0 Å². The van der Waals surface area contributed by atoms with Crippen LogP contribution in [-0.2, 0) is 7.05 Å². The lowest BCUT2D eigenvalue weighted by Crippen LogP contribution is -2.05. The molecule has 0 bridgehead atoms. The van der Waals surface area contributed by atoms with Crippen LogP contribution in [-0.4, -0.2) is 20.6 Å². The monoisotopic (exact) mass is 202 g/mol. The molecule has 0 fully saturated rings. The summed E-state index contributed by atoms with van der Waals surface area (Å²) in [5.41, 5.74) is 2.03. The molecule has 4 heteroatoms. The van der Waals surface area contributed by atoms with E-state index in [1.54, 1.807) is 36.1 Å². The van der Waals surface area contributed by atoms with E-state index in [9.17, 15) is 4.79 Å². The van der Waals surface area contributed by atoms with Crippen LogP contribution in [0.2, 0.25) is 0 Å². The Balaban J connectivity index is 2.52. The predicted molar refractivity (Wildman–Crippen MR) is 55.6 cm³/mol. The summed E-state index contributed by atoms with van der Waals surface area (Å²) in [6.07, 6.45) is 3.39. The van der Waals surface area contributed by atoms with Crippen molar-refractivity contribution in [2.24, 2.45) is 7.05 Å². The highest BCUT2D eigenvalue weighted by Crippen LogP contribution is 2.20. The molecule has 4 nitrogen and oxygen atoms in total. The van der Waals surface area contributed by atoms with Gasteiger partial charge in [0.1, 0.15) is 5.69 Å². The lowest BCUT2D eigenvalue weighted by Gasteiger charge is -2.04. The molecule has 0 saturated heterocycles. The summed E-state index contributed by atoms with van der Waals surface area (Å²) in [5, 5.41) is 8.89. The fourth-order valence-corrected chi connectivity index (χ4v) is 1.53. The molecule has 0 amide bonds. The van der Waals surface area contributed by atoms with Crippen LogP contribution in [0, 0.1) is 0 Å². The SMILES string of the molecule is Cn1c(C(=O)O)ccc1-c1cccnc1. The summed E-state index contributed by atoms with van der Waals surface area (Å²) < 4.78 is 1.64. The van der Waals surface area contributed by atoms with Gasteiger partial charge in [-0.05, 0) is 24.3 Å². The van der Waals surface area contributed by atoms with Crippen molar-refractivity contribution in [1.82, 2.24) is 9.55 Å². The lowest BCUT2D eigenvalue weighted by atomic mass is 10.2. The Morgan fingerprint density at radius 3 is 2.73 bits per heavy atom. The van der Waals surface area contributed by atoms with Gasteiger partial charge in [0, 0.05) is 30.7 Å². The second-order valence-corrected chi connectivity index (χ2v) is 3.21. The van der Waals surface area contributed by atoms with Gasteiger partial charge < -0.3 is 9.67 Å². The van der Waals surface area contributed by atoms with E-state index in [-0.39, 0.29) is 5.69 Å². The molecule has 0 atom stereocenters. The Morgan fingerprint density at radius 2 is 2.20 bits per heavy atom. The maximum atomic E-state index is 10.8. The number of hydrogen-bond donors (Lipinski definition) is 1. The molecule has 0 aliphatic carbocycles. The third-order valence-electron chi connectivity index (χ3n) is 2.30. The van der Waals surface area contributed by atoms with E-state index in [4.69, 9.17) is 5.11 Å². The molecule has 0 spiro atoms. The summed E-state index contributed by atoms with van der Waals surface area (Å²) >= 11 is 0. The van der Waals surface area contributed by atoms with E-state index in [2.05, 4.69) is 4.98 Å². The van der Waals surface area contributed by atoms with Crippen molar-refractivity contribution in [3.8, 4) is 11.3 Å². The van der Waals surface area contributed by atoms with Crippen LogP contribution in [0.15, 0.2) is 36.7 Å². The van der Waals surface area contributed by atoms with Crippen molar-refractivity contribution in [3.63, 3.8) is 0 Å². The van der Waals surface area contributed by atoms with Crippen LogP contribution in [0.25, 0.3) is 11.3 Å². The number of carboxylic acids is 1. The molecule has 2 aromatic rings. The first-order valence-electron chi connectivity index (χ1n) is 4.49. The zero-order valence-corrected chi connectivity index (χ0v) is 8.21. The third-order valence-corrected chi connectivity index (χ3v) is 2.30. The smallest absolute Gasteiger partial charge is 0.352 e. The molecule has 0 aromatic carbocycles. The van der Waals surface area contributed by atoms with Crippen LogP contribution in [0.4, 0.5) is 0 Å². The van der Waals surface area contributed by atoms with Crippen LogP contribution < -0.4 is 0 Å². The van der Waals surface area contributed by atoms with Crippen molar-refractivity contribution in [3.05, 3.63) is 42.4 Å². The predicted octanol–water partition coefficient (Wildman–Crippen LogP) is 1.79. The van der Waals surface area contributed by atoms with Crippen LogP contribution in [0.5, 0.6) is 0 Å². The van der Waals surface area contributed by atoms with Crippen LogP contribution in [0.3, 0.4) is 0 Å². The third kappa shape index (κ3) is 1.61. The van der Waals surface area contributed by atoms with Crippen molar-refractivity contribution in [2.45, 2.75) is 0 Å². The van der Waals surface area contributed by atoms with Gasteiger partial charge in [-0.15, -0.1) is 0 Å². The first-order valence-corrected chi connectivity index (χ1v) is 4.49. The van der Waals surface area contributed by atoms with E-state index < -0.39 is 5.97 Å². The summed E-state index contributed by atoms with van der Waals surface area (Å²) in [6.45, 7) is 0. The van der Waals surface area contributed by atoms with Crippen molar-refractivity contribution in [1.29, 1.82) is 0 Å². The van der Waals surface area contributed by atoms with Crippen molar-refractivity contribution >= 4 is 5.97 Å². The van der Waals surface area contributed by atoms with E-state index in [1.807, 2.05) is 12.1 Å². The van der Waals surface area contributed by atoms with Gasteiger partial charge >= 0.3 is 5.97 Å². The van der Waals surface area contributed by atoms with Gasteiger partial charge in [0.25, 0.3) is 0 Å². The molecule has 2 aromatic heterocycles. The zero-order chi connectivity index (χ0) is 10.8. The number of carbonyl (C=O) groups is 1. The minimum atomic E-state index is -0.923. The largest absolute Gasteiger partial charge is 0.477 e. The topological polar surface area (TPSA) is 55.1 Å². The van der Waals surface area contributed by atoms with Gasteiger partial charge in [0.15, 0.2) is 0 Å². The first-order chi connectivity index (χ1) is 7.20. The van der Waals surface area contributed by atoms with E-state index in [1.165, 1.54) is 0 Å². The first kappa shape index (κ1) is 9.45. The molecular formula is C11H10N2O2.